The summed E-state index contributed by atoms with van der Waals surface area (Å²) in [7, 11) is 3.98. The first-order valence-corrected chi connectivity index (χ1v) is 6.72. The molecule has 2 N–H and O–H groups in total. The molecule has 5 heteroatoms. The number of carbonyl (C=O) groups is 1. The van der Waals surface area contributed by atoms with Crippen LogP contribution in [0.4, 0.5) is 0 Å². The van der Waals surface area contributed by atoms with Gasteiger partial charge in [0.1, 0.15) is 0 Å². The second-order valence-electron chi connectivity index (χ2n) is 5.21. The summed E-state index contributed by atoms with van der Waals surface area (Å²) in [5.41, 5.74) is 6.98. The van der Waals surface area contributed by atoms with Crippen LogP contribution in [0.15, 0.2) is 18.3 Å². The predicted octanol–water partition coefficient (Wildman–Crippen LogP) is 0.707. The Morgan fingerprint density at radius 2 is 2.42 bits per heavy atom. The van der Waals surface area contributed by atoms with Crippen LogP contribution in [-0.2, 0) is 6.54 Å². The summed E-state index contributed by atoms with van der Waals surface area (Å²) in [4.78, 5) is 20.7. The minimum Gasteiger partial charge on any atom is -0.337 e. The maximum Gasteiger partial charge on any atom is 0.254 e. The molecule has 0 spiro atoms. The molecule has 0 bridgehead atoms. The predicted molar refractivity (Wildman–Crippen MR) is 74.7 cm³/mol. The number of nitrogens with zero attached hydrogens (tertiary/aromatic N) is 3. The highest BCUT2D eigenvalue weighted by Gasteiger charge is 2.25. The van der Waals surface area contributed by atoms with Gasteiger partial charge >= 0.3 is 0 Å². The first-order valence-electron chi connectivity index (χ1n) is 6.72. The van der Waals surface area contributed by atoms with Gasteiger partial charge in [-0.05, 0) is 38.6 Å². The molecule has 1 amide bonds. The lowest BCUT2D eigenvalue weighted by atomic mass is 10.0. The standard InChI is InChI=1S/C14H22N4O/c1-17-7-3-4-13(10-17)18(2)14(19)11-5-6-16-12(8-11)9-15/h5-6,8,13H,3-4,7,9-10,15H2,1-2H3. The van der Waals surface area contributed by atoms with Crippen LogP contribution in [0.5, 0.6) is 0 Å². The van der Waals surface area contributed by atoms with Crippen LogP contribution in [0.3, 0.4) is 0 Å². The topological polar surface area (TPSA) is 62.5 Å². The van der Waals surface area contributed by atoms with Gasteiger partial charge in [-0.2, -0.15) is 0 Å². The molecular weight excluding hydrogens is 240 g/mol. The molecule has 0 aromatic carbocycles. The van der Waals surface area contributed by atoms with Gasteiger partial charge < -0.3 is 15.5 Å². The molecule has 1 saturated heterocycles. The highest BCUT2D eigenvalue weighted by atomic mass is 16.2. The van der Waals surface area contributed by atoms with Crippen molar-refractivity contribution in [2.24, 2.45) is 5.73 Å². The number of carbonyl (C=O) groups excluding carboxylic acids is 1. The highest BCUT2D eigenvalue weighted by Crippen LogP contribution is 2.16. The van der Waals surface area contributed by atoms with Crippen molar-refractivity contribution in [3.63, 3.8) is 0 Å². The maximum atomic E-state index is 12.5. The molecule has 1 aliphatic rings. The smallest absolute Gasteiger partial charge is 0.254 e. The maximum absolute atomic E-state index is 12.5. The van der Waals surface area contributed by atoms with Gasteiger partial charge in [0.15, 0.2) is 0 Å². The summed E-state index contributed by atoms with van der Waals surface area (Å²) in [5.74, 6) is 0.0531. The summed E-state index contributed by atoms with van der Waals surface area (Å²) in [6, 6.07) is 3.83. The number of pyridine rings is 1. The van der Waals surface area contributed by atoms with E-state index in [2.05, 4.69) is 16.9 Å². The first-order chi connectivity index (χ1) is 9.11. The van der Waals surface area contributed by atoms with Crippen molar-refractivity contribution in [1.29, 1.82) is 0 Å². The van der Waals surface area contributed by atoms with E-state index in [0.29, 0.717) is 18.2 Å². The fourth-order valence-electron chi connectivity index (χ4n) is 2.55. The minimum absolute atomic E-state index is 0.0531. The van der Waals surface area contributed by atoms with Crippen molar-refractivity contribution < 1.29 is 4.79 Å². The number of likely N-dealkylation sites (N-methyl/N-ethyl adjacent to an activating group) is 2. The molecule has 0 radical (unpaired) electrons. The Kier molecular flexibility index (Phi) is 4.50. The molecule has 5 nitrogen and oxygen atoms in total. The molecule has 1 aliphatic heterocycles. The highest BCUT2D eigenvalue weighted by molar-refractivity contribution is 5.94. The van der Waals surface area contributed by atoms with Crippen LogP contribution < -0.4 is 5.73 Å². The van der Waals surface area contributed by atoms with Crippen LogP contribution in [0, 0.1) is 0 Å². The van der Waals surface area contributed by atoms with Gasteiger partial charge in [0.05, 0.1) is 5.69 Å². The molecule has 0 aliphatic carbocycles. The Balaban J connectivity index is 2.09. The van der Waals surface area contributed by atoms with Crippen molar-refractivity contribution in [3.8, 4) is 0 Å². The van der Waals surface area contributed by atoms with Crippen LogP contribution in [-0.4, -0.2) is 53.9 Å². The van der Waals surface area contributed by atoms with Gasteiger partial charge in [0, 0.05) is 37.9 Å². The average Bonchev–Trinajstić information content (AvgIpc) is 2.45. The molecule has 1 fully saturated rings. The first kappa shape index (κ1) is 14.0. The molecule has 1 aromatic heterocycles. The number of amides is 1. The molecule has 1 aromatic rings. The van der Waals surface area contributed by atoms with Crippen LogP contribution in [0.25, 0.3) is 0 Å². The Hall–Kier alpha value is -1.46. The molecule has 1 atom stereocenters. The largest absolute Gasteiger partial charge is 0.337 e. The van der Waals surface area contributed by atoms with Gasteiger partial charge in [-0.3, -0.25) is 9.78 Å². The van der Waals surface area contributed by atoms with Crippen LogP contribution in [0.1, 0.15) is 28.9 Å². The SMILES string of the molecule is CN1CCCC(N(C)C(=O)c2ccnc(CN)c2)C1. The summed E-state index contributed by atoms with van der Waals surface area (Å²) in [6.07, 6.45) is 3.86. The van der Waals surface area contributed by atoms with Gasteiger partial charge in [0.25, 0.3) is 5.91 Å². The molecule has 1 unspecified atom stereocenters. The number of piperidine rings is 1. The second-order valence-corrected chi connectivity index (χ2v) is 5.21. The number of likely N-dealkylation sites (tertiary alicyclic amines) is 1. The Bertz CT molecular complexity index is 449. The van der Waals surface area contributed by atoms with E-state index in [4.69, 9.17) is 5.73 Å². The molecule has 104 valence electrons. The lowest BCUT2D eigenvalue weighted by Crippen LogP contribution is -2.47. The second kappa shape index (κ2) is 6.12. The number of hydrogen-bond donors (Lipinski definition) is 1. The van der Waals surface area contributed by atoms with E-state index in [-0.39, 0.29) is 5.91 Å². The molecular formula is C14H22N4O. The molecule has 0 saturated carbocycles. The van der Waals surface area contributed by atoms with E-state index in [1.165, 1.54) is 0 Å². The summed E-state index contributed by atoms with van der Waals surface area (Å²) in [5, 5.41) is 0. The zero-order chi connectivity index (χ0) is 13.8. The van der Waals surface area contributed by atoms with Crippen molar-refractivity contribution in [1.82, 2.24) is 14.8 Å². The lowest BCUT2D eigenvalue weighted by molar-refractivity contribution is 0.0644. The van der Waals surface area contributed by atoms with Crippen molar-refractivity contribution in [2.75, 3.05) is 27.2 Å². The van der Waals surface area contributed by atoms with Crippen LogP contribution >= 0.6 is 0 Å². The van der Waals surface area contributed by atoms with Gasteiger partial charge in [-0.25, -0.2) is 0 Å². The van der Waals surface area contributed by atoms with E-state index >= 15 is 0 Å². The third kappa shape index (κ3) is 3.30. The molecule has 19 heavy (non-hydrogen) atoms. The van der Waals surface area contributed by atoms with Crippen molar-refractivity contribution in [2.45, 2.75) is 25.4 Å². The third-order valence-electron chi connectivity index (χ3n) is 3.74. The Morgan fingerprint density at radius 1 is 1.63 bits per heavy atom. The number of rotatable bonds is 3. The fourth-order valence-corrected chi connectivity index (χ4v) is 2.55. The number of nitrogens with two attached hydrogens (primary N) is 1. The van der Waals surface area contributed by atoms with Gasteiger partial charge in [0.2, 0.25) is 0 Å². The summed E-state index contributed by atoms with van der Waals surface area (Å²) < 4.78 is 0. The summed E-state index contributed by atoms with van der Waals surface area (Å²) >= 11 is 0. The van der Waals surface area contributed by atoms with E-state index in [1.807, 2.05) is 11.9 Å². The Morgan fingerprint density at radius 3 is 3.11 bits per heavy atom. The van der Waals surface area contributed by atoms with E-state index in [0.717, 1.165) is 31.6 Å². The molecule has 2 heterocycles. The van der Waals surface area contributed by atoms with E-state index in [1.54, 1.807) is 18.3 Å². The Labute approximate surface area is 114 Å². The summed E-state index contributed by atoms with van der Waals surface area (Å²) in [6.45, 7) is 2.42. The zero-order valence-corrected chi connectivity index (χ0v) is 11.7. The van der Waals surface area contributed by atoms with E-state index in [9.17, 15) is 4.79 Å². The zero-order valence-electron chi connectivity index (χ0n) is 11.7. The third-order valence-corrected chi connectivity index (χ3v) is 3.74. The van der Waals surface area contributed by atoms with Gasteiger partial charge in [-0.15, -0.1) is 0 Å². The fraction of sp³-hybridized carbons (Fsp3) is 0.571. The van der Waals surface area contributed by atoms with E-state index < -0.39 is 0 Å². The van der Waals surface area contributed by atoms with Crippen molar-refractivity contribution in [3.05, 3.63) is 29.6 Å². The normalized spacial score (nSPS) is 20.3. The monoisotopic (exact) mass is 262 g/mol. The van der Waals surface area contributed by atoms with Gasteiger partial charge in [-0.1, -0.05) is 0 Å². The van der Waals surface area contributed by atoms with Crippen LogP contribution in [0.2, 0.25) is 0 Å². The average molecular weight is 262 g/mol. The number of aromatic nitrogens is 1. The minimum atomic E-state index is 0.0531. The lowest BCUT2D eigenvalue weighted by Gasteiger charge is -2.35. The quantitative estimate of drug-likeness (QED) is 0.871. The number of hydrogen-bond acceptors (Lipinski definition) is 4. The molecule has 2 rings (SSSR count). The van der Waals surface area contributed by atoms with Crippen molar-refractivity contribution >= 4 is 5.91 Å².